The quantitative estimate of drug-likeness (QED) is 0.868. The summed E-state index contributed by atoms with van der Waals surface area (Å²) in [5, 5.41) is 3.11. The lowest BCUT2D eigenvalue weighted by Gasteiger charge is -2.23. The molecule has 1 aliphatic rings. The molecule has 1 fully saturated rings. The van der Waals surface area contributed by atoms with Gasteiger partial charge in [0, 0.05) is 19.1 Å². The first kappa shape index (κ1) is 11.9. The summed E-state index contributed by atoms with van der Waals surface area (Å²) in [4.78, 5) is 13.8. The van der Waals surface area contributed by atoms with Crippen molar-refractivity contribution in [2.24, 2.45) is 0 Å². The molecule has 0 radical (unpaired) electrons. The minimum Gasteiger partial charge on any atom is -0.410 e. The Hall–Kier alpha value is -1.55. The van der Waals surface area contributed by atoms with Crippen LogP contribution in [-0.2, 0) is 0 Å². The van der Waals surface area contributed by atoms with E-state index in [1.165, 1.54) is 0 Å². The van der Waals surface area contributed by atoms with Crippen LogP contribution in [0.3, 0.4) is 0 Å². The summed E-state index contributed by atoms with van der Waals surface area (Å²) in [6, 6.07) is 9.46. The van der Waals surface area contributed by atoms with Crippen LogP contribution in [0.2, 0.25) is 0 Å². The number of para-hydroxylation sites is 1. The van der Waals surface area contributed by atoms with Gasteiger partial charge in [-0.1, -0.05) is 18.2 Å². The first-order valence-electron chi connectivity index (χ1n) is 5.99. The number of nitrogens with zero attached hydrogens (tertiary/aromatic N) is 1. The Morgan fingerprint density at radius 3 is 2.94 bits per heavy atom. The molecule has 1 N–H and O–H groups in total. The molecule has 4 nitrogen and oxygen atoms in total. The monoisotopic (exact) mass is 234 g/mol. The molecule has 1 heterocycles. The van der Waals surface area contributed by atoms with Crippen LogP contribution in [0.25, 0.3) is 0 Å². The summed E-state index contributed by atoms with van der Waals surface area (Å²) in [5.74, 6) is 0.604. The number of carbonyl (C=O) groups excluding carboxylic acids is 1. The van der Waals surface area contributed by atoms with E-state index in [1.54, 1.807) is 12.1 Å². The Morgan fingerprint density at radius 2 is 2.24 bits per heavy atom. The van der Waals surface area contributed by atoms with E-state index in [4.69, 9.17) is 4.74 Å². The highest BCUT2D eigenvalue weighted by Gasteiger charge is 2.29. The maximum Gasteiger partial charge on any atom is 0.415 e. The van der Waals surface area contributed by atoms with Crippen LogP contribution in [-0.4, -0.2) is 37.2 Å². The van der Waals surface area contributed by atoms with E-state index < -0.39 is 0 Å². The van der Waals surface area contributed by atoms with Gasteiger partial charge in [0.2, 0.25) is 0 Å². The zero-order chi connectivity index (χ0) is 12.1. The summed E-state index contributed by atoms with van der Waals surface area (Å²) in [7, 11) is 1.90. The zero-order valence-corrected chi connectivity index (χ0v) is 10.1. The van der Waals surface area contributed by atoms with Crippen LogP contribution in [0.4, 0.5) is 4.79 Å². The molecule has 1 unspecified atom stereocenters. The summed E-state index contributed by atoms with van der Waals surface area (Å²) >= 11 is 0. The lowest BCUT2D eigenvalue weighted by atomic mass is 10.2. The molecule has 1 aromatic carbocycles. The molecule has 1 atom stereocenters. The molecule has 17 heavy (non-hydrogen) atoms. The van der Waals surface area contributed by atoms with Gasteiger partial charge in [0.05, 0.1) is 0 Å². The van der Waals surface area contributed by atoms with Gasteiger partial charge in [-0.2, -0.15) is 0 Å². The number of carbonyl (C=O) groups is 1. The molecule has 0 saturated carbocycles. The average molecular weight is 234 g/mol. The van der Waals surface area contributed by atoms with Gasteiger partial charge in [-0.3, -0.25) is 0 Å². The SMILES string of the molecule is CNCC1CCCN1C(=O)Oc1ccccc1. The maximum absolute atomic E-state index is 12.0. The number of hydrogen-bond acceptors (Lipinski definition) is 3. The minimum atomic E-state index is -0.242. The van der Waals surface area contributed by atoms with Crippen molar-refractivity contribution in [3.8, 4) is 5.75 Å². The average Bonchev–Trinajstić information content (AvgIpc) is 2.79. The van der Waals surface area contributed by atoms with Crippen molar-refractivity contribution >= 4 is 6.09 Å². The van der Waals surface area contributed by atoms with Crippen LogP contribution in [0.1, 0.15) is 12.8 Å². The first-order valence-corrected chi connectivity index (χ1v) is 5.99. The predicted molar refractivity (Wildman–Crippen MR) is 66.1 cm³/mol. The van der Waals surface area contributed by atoms with Crippen molar-refractivity contribution in [2.45, 2.75) is 18.9 Å². The van der Waals surface area contributed by atoms with E-state index in [1.807, 2.05) is 30.1 Å². The molecule has 1 aliphatic heterocycles. The van der Waals surface area contributed by atoms with Gasteiger partial charge in [-0.15, -0.1) is 0 Å². The normalized spacial score (nSPS) is 19.4. The third-order valence-corrected chi connectivity index (χ3v) is 3.00. The Balaban J connectivity index is 1.95. The summed E-state index contributed by atoms with van der Waals surface area (Å²) in [5.41, 5.74) is 0. The van der Waals surface area contributed by atoms with E-state index in [0.29, 0.717) is 5.75 Å². The molecule has 1 aromatic rings. The number of rotatable bonds is 3. The fraction of sp³-hybridized carbons (Fsp3) is 0.462. The number of likely N-dealkylation sites (N-methyl/N-ethyl adjacent to an activating group) is 1. The second kappa shape index (κ2) is 5.68. The lowest BCUT2D eigenvalue weighted by Crippen LogP contribution is -2.42. The first-order chi connectivity index (χ1) is 8.31. The summed E-state index contributed by atoms with van der Waals surface area (Å²) < 4.78 is 5.33. The molecule has 1 amide bonds. The third kappa shape index (κ3) is 2.97. The Labute approximate surface area is 102 Å². The van der Waals surface area contributed by atoms with E-state index in [2.05, 4.69) is 5.32 Å². The second-order valence-electron chi connectivity index (χ2n) is 4.23. The van der Waals surface area contributed by atoms with E-state index >= 15 is 0 Å². The van der Waals surface area contributed by atoms with Gasteiger partial charge in [0.15, 0.2) is 0 Å². The molecule has 0 spiro atoms. The van der Waals surface area contributed by atoms with Gasteiger partial charge in [-0.05, 0) is 32.0 Å². The molecular formula is C13H18N2O2. The molecule has 2 rings (SSSR count). The van der Waals surface area contributed by atoms with Gasteiger partial charge in [-0.25, -0.2) is 4.79 Å². The number of nitrogens with one attached hydrogen (secondary N) is 1. The predicted octanol–water partition coefficient (Wildman–Crippen LogP) is 1.87. The van der Waals surface area contributed by atoms with Crippen molar-refractivity contribution in [2.75, 3.05) is 20.1 Å². The van der Waals surface area contributed by atoms with Crippen molar-refractivity contribution in [1.29, 1.82) is 0 Å². The highest BCUT2D eigenvalue weighted by atomic mass is 16.6. The molecule has 0 bridgehead atoms. The van der Waals surface area contributed by atoms with Gasteiger partial charge >= 0.3 is 6.09 Å². The van der Waals surface area contributed by atoms with Gasteiger partial charge in [0.1, 0.15) is 5.75 Å². The fourth-order valence-electron chi connectivity index (χ4n) is 2.17. The van der Waals surface area contributed by atoms with Crippen molar-refractivity contribution < 1.29 is 9.53 Å². The molecule has 0 aliphatic carbocycles. The summed E-state index contributed by atoms with van der Waals surface area (Å²) in [6.07, 6.45) is 1.86. The van der Waals surface area contributed by atoms with Crippen LogP contribution in [0.15, 0.2) is 30.3 Å². The fourth-order valence-corrected chi connectivity index (χ4v) is 2.17. The highest BCUT2D eigenvalue weighted by Crippen LogP contribution is 2.19. The second-order valence-corrected chi connectivity index (χ2v) is 4.23. The smallest absolute Gasteiger partial charge is 0.410 e. The standard InChI is InChI=1S/C13H18N2O2/c1-14-10-11-6-5-9-15(11)13(16)17-12-7-3-2-4-8-12/h2-4,7-8,11,14H,5-6,9-10H2,1H3. The molecular weight excluding hydrogens is 216 g/mol. The van der Waals surface area contributed by atoms with Crippen LogP contribution < -0.4 is 10.1 Å². The molecule has 92 valence electrons. The van der Waals surface area contributed by atoms with Crippen molar-refractivity contribution in [3.05, 3.63) is 30.3 Å². The highest BCUT2D eigenvalue weighted by molar-refractivity contribution is 5.71. The van der Waals surface area contributed by atoms with Crippen LogP contribution in [0, 0.1) is 0 Å². The largest absolute Gasteiger partial charge is 0.415 e. The molecule has 1 saturated heterocycles. The number of hydrogen-bond donors (Lipinski definition) is 1. The van der Waals surface area contributed by atoms with E-state index in [9.17, 15) is 4.79 Å². The van der Waals surface area contributed by atoms with Crippen molar-refractivity contribution in [1.82, 2.24) is 10.2 Å². The molecule has 4 heteroatoms. The van der Waals surface area contributed by atoms with Crippen LogP contribution >= 0.6 is 0 Å². The number of benzene rings is 1. The Morgan fingerprint density at radius 1 is 1.47 bits per heavy atom. The van der Waals surface area contributed by atoms with Crippen molar-refractivity contribution in [3.63, 3.8) is 0 Å². The van der Waals surface area contributed by atoms with Gasteiger partial charge in [0.25, 0.3) is 0 Å². The van der Waals surface area contributed by atoms with E-state index in [0.717, 1.165) is 25.9 Å². The summed E-state index contributed by atoms with van der Waals surface area (Å²) in [6.45, 7) is 1.61. The maximum atomic E-state index is 12.0. The lowest BCUT2D eigenvalue weighted by molar-refractivity contribution is 0.147. The zero-order valence-electron chi connectivity index (χ0n) is 10.1. The van der Waals surface area contributed by atoms with Crippen LogP contribution in [0.5, 0.6) is 5.75 Å². The Kier molecular flexibility index (Phi) is 3.98. The third-order valence-electron chi connectivity index (χ3n) is 3.00. The number of likely N-dealkylation sites (tertiary alicyclic amines) is 1. The Bertz CT molecular complexity index is 367. The molecule has 0 aromatic heterocycles. The van der Waals surface area contributed by atoms with E-state index in [-0.39, 0.29) is 12.1 Å². The van der Waals surface area contributed by atoms with Gasteiger partial charge < -0.3 is 15.0 Å². The number of ether oxygens (including phenoxy) is 1. The topological polar surface area (TPSA) is 41.6 Å². The minimum absolute atomic E-state index is 0.242. The number of amides is 1.